The number of hydrogen-bond donors (Lipinski definition) is 2. The van der Waals surface area contributed by atoms with Gasteiger partial charge in [0, 0.05) is 36.8 Å². The van der Waals surface area contributed by atoms with Gasteiger partial charge in [-0.3, -0.25) is 4.79 Å². The summed E-state index contributed by atoms with van der Waals surface area (Å²) < 4.78 is 0. The summed E-state index contributed by atoms with van der Waals surface area (Å²) in [4.78, 5) is 22.8. The van der Waals surface area contributed by atoms with E-state index < -0.39 is 0 Å². The summed E-state index contributed by atoms with van der Waals surface area (Å²) in [6.45, 7) is 4.23. The summed E-state index contributed by atoms with van der Waals surface area (Å²) in [5, 5.41) is 6.59. The van der Waals surface area contributed by atoms with Crippen LogP contribution in [0.1, 0.15) is 31.7 Å². The number of amides is 1. The minimum Gasteiger partial charge on any atom is -0.365 e. The molecule has 1 aromatic heterocycles. The molecule has 1 aliphatic carbocycles. The van der Waals surface area contributed by atoms with E-state index >= 15 is 0 Å². The maximum atomic E-state index is 12.2. The van der Waals surface area contributed by atoms with Crippen molar-refractivity contribution in [1.82, 2.24) is 20.2 Å². The Hall–Kier alpha value is -1.69. The van der Waals surface area contributed by atoms with Crippen LogP contribution in [0.15, 0.2) is 12.5 Å². The van der Waals surface area contributed by atoms with Gasteiger partial charge in [-0.05, 0) is 32.2 Å². The Morgan fingerprint density at radius 2 is 2.22 bits per heavy atom. The highest BCUT2D eigenvalue weighted by molar-refractivity contribution is 5.78. The fourth-order valence-electron chi connectivity index (χ4n) is 3.57. The lowest BCUT2D eigenvalue weighted by atomic mass is 9.98. The van der Waals surface area contributed by atoms with Crippen molar-refractivity contribution in [3.63, 3.8) is 0 Å². The van der Waals surface area contributed by atoms with Crippen LogP contribution in [0.4, 0.5) is 5.82 Å². The smallest absolute Gasteiger partial charge is 0.236 e. The fourth-order valence-corrected chi connectivity index (χ4v) is 3.57. The first kappa shape index (κ1) is 16.2. The number of likely N-dealkylation sites (N-methyl/N-ethyl adjacent to an activating group) is 1. The lowest BCUT2D eigenvalue weighted by Gasteiger charge is -2.21. The Kier molecular flexibility index (Phi) is 5.10. The Bertz CT molecular complexity index is 546. The van der Waals surface area contributed by atoms with Gasteiger partial charge in [0.05, 0.1) is 6.54 Å². The molecule has 3 rings (SSSR count). The predicted molar refractivity (Wildman–Crippen MR) is 90.2 cm³/mol. The van der Waals surface area contributed by atoms with Gasteiger partial charge in [-0.1, -0.05) is 13.3 Å². The first-order valence-corrected chi connectivity index (χ1v) is 8.70. The Balaban J connectivity index is 1.71. The third-order valence-electron chi connectivity index (χ3n) is 4.90. The third-order valence-corrected chi connectivity index (χ3v) is 4.90. The van der Waals surface area contributed by atoms with E-state index in [2.05, 4.69) is 27.5 Å². The average molecular weight is 317 g/mol. The lowest BCUT2D eigenvalue weighted by Crippen LogP contribution is -2.37. The molecule has 0 radical (unpaired) electrons. The van der Waals surface area contributed by atoms with Crippen LogP contribution in [0.5, 0.6) is 0 Å². The van der Waals surface area contributed by atoms with Crippen molar-refractivity contribution in [1.29, 1.82) is 0 Å². The quantitative estimate of drug-likeness (QED) is 0.793. The summed E-state index contributed by atoms with van der Waals surface area (Å²) in [5.41, 5.74) is 1.17. The van der Waals surface area contributed by atoms with Gasteiger partial charge in [-0.2, -0.15) is 0 Å². The van der Waals surface area contributed by atoms with Crippen molar-refractivity contribution in [3.05, 3.63) is 18.1 Å². The number of hydrogen-bond acceptors (Lipinski definition) is 5. The first-order valence-electron chi connectivity index (χ1n) is 8.70. The van der Waals surface area contributed by atoms with Crippen LogP contribution in [0.2, 0.25) is 0 Å². The summed E-state index contributed by atoms with van der Waals surface area (Å²) in [7, 11) is 1.82. The molecule has 2 atom stereocenters. The van der Waals surface area contributed by atoms with Crippen molar-refractivity contribution in [3.8, 4) is 0 Å². The maximum absolute atomic E-state index is 12.2. The predicted octanol–water partition coefficient (Wildman–Crippen LogP) is 1.30. The SMILES string of the molecule is CCCc1cncnc1N[C@H]1CN(C(=O)CNC)C[C@@H]1C1CC1. The Morgan fingerprint density at radius 3 is 2.91 bits per heavy atom. The van der Waals surface area contributed by atoms with Crippen molar-refractivity contribution in [2.45, 2.75) is 38.6 Å². The van der Waals surface area contributed by atoms with E-state index in [0.717, 1.165) is 37.7 Å². The molecular formula is C17H27N5O. The number of aryl methyl sites for hydroxylation is 1. The number of nitrogens with zero attached hydrogens (tertiary/aromatic N) is 3. The van der Waals surface area contributed by atoms with Gasteiger partial charge < -0.3 is 15.5 Å². The summed E-state index contributed by atoms with van der Waals surface area (Å²) in [6.07, 6.45) is 8.15. The molecule has 1 aromatic rings. The summed E-state index contributed by atoms with van der Waals surface area (Å²) in [5.74, 6) is 2.44. The number of likely N-dealkylation sites (tertiary alicyclic amines) is 1. The molecule has 0 unspecified atom stereocenters. The van der Waals surface area contributed by atoms with E-state index in [1.54, 1.807) is 6.33 Å². The molecule has 1 amide bonds. The number of nitrogens with one attached hydrogen (secondary N) is 2. The fraction of sp³-hybridized carbons (Fsp3) is 0.706. The van der Waals surface area contributed by atoms with Crippen LogP contribution in [0, 0.1) is 11.8 Å². The van der Waals surface area contributed by atoms with Crippen molar-refractivity contribution >= 4 is 11.7 Å². The van der Waals surface area contributed by atoms with Gasteiger partial charge in [-0.15, -0.1) is 0 Å². The minimum absolute atomic E-state index is 0.193. The first-order chi connectivity index (χ1) is 11.2. The van der Waals surface area contributed by atoms with Crippen LogP contribution in [-0.2, 0) is 11.2 Å². The zero-order valence-corrected chi connectivity index (χ0v) is 14.1. The number of carbonyl (C=O) groups is 1. The number of carbonyl (C=O) groups excluding carboxylic acids is 1. The van der Waals surface area contributed by atoms with Crippen LogP contribution in [0.25, 0.3) is 0 Å². The third kappa shape index (κ3) is 3.80. The molecular weight excluding hydrogens is 290 g/mol. The lowest BCUT2D eigenvalue weighted by molar-refractivity contribution is -0.129. The normalized spacial score (nSPS) is 24.0. The van der Waals surface area contributed by atoms with Gasteiger partial charge in [0.2, 0.25) is 5.91 Å². The van der Waals surface area contributed by atoms with E-state index in [9.17, 15) is 4.79 Å². The van der Waals surface area contributed by atoms with Gasteiger partial charge in [-0.25, -0.2) is 9.97 Å². The second kappa shape index (κ2) is 7.25. The van der Waals surface area contributed by atoms with Gasteiger partial charge in [0.25, 0.3) is 0 Å². The monoisotopic (exact) mass is 317 g/mol. The van der Waals surface area contributed by atoms with Gasteiger partial charge >= 0.3 is 0 Å². The molecule has 126 valence electrons. The molecule has 6 heteroatoms. The molecule has 0 bridgehead atoms. The summed E-state index contributed by atoms with van der Waals surface area (Å²) >= 11 is 0. The second-order valence-corrected chi connectivity index (χ2v) is 6.73. The van der Waals surface area contributed by atoms with E-state index in [-0.39, 0.29) is 5.91 Å². The largest absolute Gasteiger partial charge is 0.365 e. The standard InChI is InChI=1S/C17H27N5O/c1-3-4-13-7-19-11-20-17(13)21-15-10-22(16(23)8-18-2)9-14(15)12-5-6-12/h7,11-12,14-15,18H,3-6,8-10H2,1-2H3,(H,19,20,21)/t14-,15+/m1/s1. The molecule has 2 N–H and O–H groups in total. The molecule has 1 saturated heterocycles. The van der Waals surface area contributed by atoms with Crippen molar-refractivity contribution < 1.29 is 4.79 Å². The average Bonchev–Trinajstić information content (AvgIpc) is 3.30. The van der Waals surface area contributed by atoms with E-state index in [1.807, 2.05) is 18.1 Å². The molecule has 1 saturated carbocycles. The molecule has 2 heterocycles. The molecule has 2 fully saturated rings. The van der Waals surface area contributed by atoms with Crippen LogP contribution < -0.4 is 10.6 Å². The van der Waals surface area contributed by atoms with Crippen LogP contribution >= 0.6 is 0 Å². The number of aromatic nitrogens is 2. The zero-order chi connectivity index (χ0) is 16.2. The molecule has 0 aromatic carbocycles. The molecule has 6 nitrogen and oxygen atoms in total. The van der Waals surface area contributed by atoms with Gasteiger partial charge in [0.15, 0.2) is 0 Å². The highest BCUT2D eigenvalue weighted by Crippen LogP contribution is 2.42. The van der Waals surface area contributed by atoms with Crippen LogP contribution in [-0.4, -0.2) is 53.5 Å². The molecule has 0 spiro atoms. The highest BCUT2D eigenvalue weighted by Gasteiger charge is 2.43. The number of rotatable bonds is 7. The minimum atomic E-state index is 0.193. The number of anilines is 1. The second-order valence-electron chi connectivity index (χ2n) is 6.73. The zero-order valence-electron chi connectivity index (χ0n) is 14.1. The summed E-state index contributed by atoms with van der Waals surface area (Å²) in [6, 6.07) is 0.300. The topological polar surface area (TPSA) is 70.2 Å². The Morgan fingerprint density at radius 1 is 1.39 bits per heavy atom. The van der Waals surface area contributed by atoms with E-state index in [1.165, 1.54) is 18.4 Å². The van der Waals surface area contributed by atoms with Crippen molar-refractivity contribution in [2.75, 3.05) is 32.0 Å². The maximum Gasteiger partial charge on any atom is 0.236 e. The van der Waals surface area contributed by atoms with Crippen molar-refractivity contribution in [2.24, 2.45) is 11.8 Å². The van der Waals surface area contributed by atoms with E-state index in [4.69, 9.17) is 0 Å². The molecule has 23 heavy (non-hydrogen) atoms. The van der Waals surface area contributed by atoms with Crippen LogP contribution in [0.3, 0.4) is 0 Å². The molecule has 2 aliphatic rings. The Labute approximate surface area is 138 Å². The van der Waals surface area contributed by atoms with Gasteiger partial charge in [0.1, 0.15) is 12.1 Å². The highest BCUT2D eigenvalue weighted by atomic mass is 16.2. The van der Waals surface area contributed by atoms with E-state index in [0.29, 0.717) is 18.5 Å². The molecule has 1 aliphatic heterocycles.